The first-order valence-corrected chi connectivity index (χ1v) is 4.43. The Morgan fingerprint density at radius 1 is 1.47 bits per heavy atom. The van der Waals surface area contributed by atoms with Gasteiger partial charge in [-0.1, -0.05) is 0 Å². The second-order valence-corrected chi connectivity index (χ2v) is 2.75. The Labute approximate surface area is 86.2 Å². The SMILES string of the molecule is CCOC(=O)/C=C\c1ccc(F)cc1F. The highest BCUT2D eigenvalue weighted by Crippen LogP contribution is 2.10. The summed E-state index contributed by atoms with van der Waals surface area (Å²) in [5, 5.41) is 0. The Hall–Kier alpha value is -1.71. The maximum absolute atomic E-state index is 13.0. The van der Waals surface area contributed by atoms with E-state index in [9.17, 15) is 13.6 Å². The standard InChI is InChI=1S/C11H10F2O2/c1-2-15-11(14)6-4-8-3-5-9(12)7-10(8)13/h3-7H,2H2,1H3/b6-4-. The van der Waals surface area contributed by atoms with Crippen LogP contribution in [0.2, 0.25) is 0 Å². The average Bonchev–Trinajstić information content (AvgIpc) is 2.17. The molecule has 2 nitrogen and oxygen atoms in total. The Balaban J connectivity index is 2.76. The van der Waals surface area contributed by atoms with Crippen LogP contribution in [-0.4, -0.2) is 12.6 Å². The molecule has 0 N–H and O–H groups in total. The minimum absolute atomic E-state index is 0.143. The van der Waals surface area contributed by atoms with Crippen molar-refractivity contribution < 1.29 is 18.3 Å². The van der Waals surface area contributed by atoms with Gasteiger partial charge in [0.05, 0.1) is 6.61 Å². The maximum Gasteiger partial charge on any atom is 0.330 e. The molecule has 0 aliphatic carbocycles. The third kappa shape index (κ3) is 3.50. The molecule has 1 rings (SSSR count). The first-order chi connectivity index (χ1) is 7.13. The van der Waals surface area contributed by atoms with Crippen molar-refractivity contribution in [2.24, 2.45) is 0 Å². The topological polar surface area (TPSA) is 26.3 Å². The van der Waals surface area contributed by atoms with E-state index in [1.54, 1.807) is 6.92 Å². The predicted molar refractivity (Wildman–Crippen MR) is 52.0 cm³/mol. The van der Waals surface area contributed by atoms with Crippen LogP contribution in [-0.2, 0) is 9.53 Å². The second-order valence-electron chi connectivity index (χ2n) is 2.75. The van der Waals surface area contributed by atoms with Crippen molar-refractivity contribution in [1.82, 2.24) is 0 Å². The lowest BCUT2D eigenvalue weighted by Gasteiger charge is -1.97. The lowest BCUT2D eigenvalue weighted by molar-refractivity contribution is -0.137. The third-order valence-electron chi connectivity index (χ3n) is 1.65. The predicted octanol–water partition coefficient (Wildman–Crippen LogP) is 2.54. The molecule has 4 heteroatoms. The van der Waals surface area contributed by atoms with E-state index in [4.69, 9.17) is 0 Å². The number of hydrogen-bond acceptors (Lipinski definition) is 2. The summed E-state index contributed by atoms with van der Waals surface area (Å²) >= 11 is 0. The molecule has 0 amide bonds. The zero-order valence-electron chi connectivity index (χ0n) is 8.17. The number of benzene rings is 1. The summed E-state index contributed by atoms with van der Waals surface area (Å²) in [6.07, 6.45) is 2.34. The van der Waals surface area contributed by atoms with E-state index in [0.29, 0.717) is 0 Å². The van der Waals surface area contributed by atoms with Crippen molar-refractivity contribution in [2.75, 3.05) is 6.61 Å². The molecule has 0 aromatic heterocycles. The first kappa shape index (κ1) is 11.4. The van der Waals surface area contributed by atoms with Gasteiger partial charge in [-0.25, -0.2) is 13.6 Å². The van der Waals surface area contributed by atoms with Crippen LogP contribution in [0.15, 0.2) is 24.3 Å². The molecule has 0 unspecified atom stereocenters. The van der Waals surface area contributed by atoms with E-state index in [2.05, 4.69) is 4.74 Å². The Kier molecular flexibility index (Phi) is 3.97. The Bertz CT molecular complexity index is 386. The molecule has 15 heavy (non-hydrogen) atoms. The highest BCUT2D eigenvalue weighted by molar-refractivity contribution is 5.87. The van der Waals surface area contributed by atoms with Gasteiger partial charge in [0.15, 0.2) is 0 Å². The fraction of sp³-hybridized carbons (Fsp3) is 0.182. The number of carbonyl (C=O) groups is 1. The van der Waals surface area contributed by atoms with Crippen molar-refractivity contribution in [3.05, 3.63) is 41.5 Å². The van der Waals surface area contributed by atoms with Gasteiger partial charge >= 0.3 is 5.97 Å². The van der Waals surface area contributed by atoms with Gasteiger partial charge in [-0.15, -0.1) is 0 Å². The summed E-state index contributed by atoms with van der Waals surface area (Å²) in [7, 11) is 0. The highest BCUT2D eigenvalue weighted by Gasteiger charge is 2.01. The molecule has 1 aromatic carbocycles. The van der Waals surface area contributed by atoms with Gasteiger partial charge < -0.3 is 4.74 Å². The van der Waals surface area contributed by atoms with Crippen molar-refractivity contribution in [2.45, 2.75) is 6.92 Å². The summed E-state index contributed by atoms with van der Waals surface area (Å²) in [5.74, 6) is -1.92. The van der Waals surface area contributed by atoms with Crippen molar-refractivity contribution >= 4 is 12.0 Å². The van der Waals surface area contributed by atoms with E-state index in [-0.39, 0.29) is 12.2 Å². The molecule has 0 saturated carbocycles. The monoisotopic (exact) mass is 212 g/mol. The number of carbonyl (C=O) groups excluding carboxylic acids is 1. The maximum atomic E-state index is 13.0. The van der Waals surface area contributed by atoms with Gasteiger partial charge in [-0.05, 0) is 25.1 Å². The molecule has 0 saturated heterocycles. The molecule has 0 heterocycles. The smallest absolute Gasteiger partial charge is 0.330 e. The van der Waals surface area contributed by atoms with Crippen LogP contribution in [0.3, 0.4) is 0 Å². The van der Waals surface area contributed by atoms with Gasteiger partial charge in [0, 0.05) is 17.7 Å². The number of rotatable bonds is 3. The van der Waals surface area contributed by atoms with Crippen LogP contribution in [0.4, 0.5) is 8.78 Å². The van der Waals surface area contributed by atoms with Gasteiger partial charge in [0.2, 0.25) is 0 Å². The van der Waals surface area contributed by atoms with Gasteiger partial charge in [-0.2, -0.15) is 0 Å². The van der Waals surface area contributed by atoms with Crippen molar-refractivity contribution in [3.63, 3.8) is 0 Å². The highest BCUT2D eigenvalue weighted by atomic mass is 19.1. The summed E-state index contributed by atoms with van der Waals surface area (Å²) in [5.41, 5.74) is 0.143. The molecule has 0 aliphatic rings. The zero-order chi connectivity index (χ0) is 11.3. The number of halogens is 2. The van der Waals surface area contributed by atoms with E-state index in [0.717, 1.165) is 18.2 Å². The summed E-state index contributed by atoms with van der Waals surface area (Å²) < 4.78 is 30.2. The molecule has 0 fully saturated rings. The van der Waals surface area contributed by atoms with Crippen LogP contribution in [0, 0.1) is 11.6 Å². The van der Waals surface area contributed by atoms with Crippen LogP contribution in [0.25, 0.3) is 6.08 Å². The van der Waals surface area contributed by atoms with Gasteiger partial charge in [0.25, 0.3) is 0 Å². The molecule has 80 valence electrons. The number of ether oxygens (including phenoxy) is 1. The molecular weight excluding hydrogens is 202 g/mol. The average molecular weight is 212 g/mol. The van der Waals surface area contributed by atoms with Crippen molar-refractivity contribution in [3.8, 4) is 0 Å². The molecule has 0 radical (unpaired) electrons. The molecule has 0 spiro atoms. The largest absolute Gasteiger partial charge is 0.463 e. The molecule has 0 bridgehead atoms. The zero-order valence-corrected chi connectivity index (χ0v) is 8.17. The van der Waals surface area contributed by atoms with E-state index >= 15 is 0 Å². The van der Waals surface area contributed by atoms with Crippen LogP contribution in [0.1, 0.15) is 12.5 Å². The Morgan fingerprint density at radius 3 is 2.80 bits per heavy atom. The summed E-state index contributed by atoms with van der Waals surface area (Å²) in [6.45, 7) is 1.93. The lowest BCUT2D eigenvalue weighted by Crippen LogP contribution is -1.98. The first-order valence-electron chi connectivity index (χ1n) is 4.43. The molecule has 1 aromatic rings. The molecule has 0 atom stereocenters. The fourth-order valence-electron chi connectivity index (χ4n) is 0.985. The number of esters is 1. The van der Waals surface area contributed by atoms with E-state index in [1.807, 2.05) is 0 Å². The van der Waals surface area contributed by atoms with Crippen molar-refractivity contribution in [1.29, 1.82) is 0 Å². The van der Waals surface area contributed by atoms with Crippen LogP contribution >= 0.6 is 0 Å². The van der Waals surface area contributed by atoms with Crippen LogP contribution < -0.4 is 0 Å². The molecular formula is C11H10F2O2. The normalized spacial score (nSPS) is 10.6. The fourth-order valence-corrected chi connectivity index (χ4v) is 0.985. The number of hydrogen-bond donors (Lipinski definition) is 0. The molecule has 0 aliphatic heterocycles. The van der Waals surface area contributed by atoms with Gasteiger partial charge in [0.1, 0.15) is 11.6 Å². The minimum atomic E-state index is -0.712. The Morgan fingerprint density at radius 2 is 2.20 bits per heavy atom. The quantitative estimate of drug-likeness (QED) is 0.568. The minimum Gasteiger partial charge on any atom is -0.463 e. The second kappa shape index (κ2) is 5.24. The van der Waals surface area contributed by atoms with Gasteiger partial charge in [-0.3, -0.25) is 0 Å². The van der Waals surface area contributed by atoms with E-state index in [1.165, 1.54) is 12.1 Å². The summed E-state index contributed by atoms with van der Waals surface area (Å²) in [6, 6.07) is 3.12. The van der Waals surface area contributed by atoms with Crippen LogP contribution in [0.5, 0.6) is 0 Å². The lowest BCUT2D eigenvalue weighted by atomic mass is 10.2. The van der Waals surface area contributed by atoms with E-state index < -0.39 is 17.6 Å². The third-order valence-corrected chi connectivity index (χ3v) is 1.65. The summed E-state index contributed by atoms with van der Waals surface area (Å²) in [4.78, 5) is 10.9.